The summed E-state index contributed by atoms with van der Waals surface area (Å²) in [5, 5.41) is 13.3. The molecule has 1 aromatic rings. The van der Waals surface area contributed by atoms with E-state index in [4.69, 9.17) is 0 Å². The van der Waals surface area contributed by atoms with Crippen LogP contribution in [0, 0.1) is 0 Å². The van der Waals surface area contributed by atoms with Crippen molar-refractivity contribution in [2.75, 3.05) is 13.1 Å². The third-order valence-electron chi connectivity index (χ3n) is 3.43. The average molecular weight is 219 g/mol. The van der Waals surface area contributed by atoms with E-state index in [9.17, 15) is 5.11 Å². The Morgan fingerprint density at radius 1 is 1.12 bits per heavy atom. The molecular formula is C14H21NO. The molecule has 2 nitrogen and oxygen atoms in total. The molecule has 1 saturated heterocycles. The summed E-state index contributed by atoms with van der Waals surface area (Å²) >= 11 is 0. The van der Waals surface area contributed by atoms with E-state index >= 15 is 0 Å². The van der Waals surface area contributed by atoms with Crippen molar-refractivity contribution in [1.29, 1.82) is 0 Å². The van der Waals surface area contributed by atoms with Crippen LogP contribution in [-0.4, -0.2) is 18.2 Å². The molecule has 0 aliphatic carbocycles. The van der Waals surface area contributed by atoms with Gasteiger partial charge in [-0.15, -0.1) is 0 Å². The summed E-state index contributed by atoms with van der Waals surface area (Å²) in [6.07, 6.45) is 2.45. The quantitative estimate of drug-likeness (QED) is 0.800. The Kier molecular flexibility index (Phi) is 3.31. The van der Waals surface area contributed by atoms with Crippen LogP contribution < -0.4 is 5.32 Å². The van der Waals surface area contributed by atoms with Crippen molar-refractivity contribution in [2.45, 2.75) is 38.2 Å². The van der Waals surface area contributed by atoms with Gasteiger partial charge in [0, 0.05) is 0 Å². The highest BCUT2D eigenvalue weighted by molar-refractivity contribution is 5.28. The summed E-state index contributed by atoms with van der Waals surface area (Å²) in [5.41, 5.74) is 1.67. The minimum atomic E-state index is -0.730. The molecule has 2 rings (SSSR count). The molecule has 0 saturated carbocycles. The molecule has 0 atom stereocenters. The molecule has 1 aliphatic heterocycles. The molecule has 0 amide bonds. The van der Waals surface area contributed by atoms with Crippen molar-refractivity contribution in [2.24, 2.45) is 0 Å². The molecule has 1 heterocycles. The van der Waals surface area contributed by atoms with E-state index in [1.54, 1.807) is 0 Å². The second-order valence-corrected chi connectivity index (χ2v) is 5.21. The summed E-state index contributed by atoms with van der Waals surface area (Å²) in [6, 6.07) is 8.45. The number of rotatable bonds is 2. The van der Waals surface area contributed by atoms with Crippen LogP contribution in [0.15, 0.2) is 24.3 Å². The van der Waals surface area contributed by atoms with Gasteiger partial charge in [-0.3, -0.25) is 0 Å². The minimum absolute atomic E-state index is 0.692. The van der Waals surface area contributed by atoms with Crippen molar-refractivity contribution in [1.82, 2.24) is 5.32 Å². The molecule has 0 unspecified atom stereocenters. The van der Waals surface area contributed by atoms with Gasteiger partial charge in [0.25, 0.3) is 0 Å². The van der Waals surface area contributed by atoms with E-state index in [-0.39, 0.29) is 0 Å². The van der Waals surface area contributed by atoms with E-state index in [2.05, 4.69) is 29.6 Å². The normalized spacial score (nSPS) is 18.7. The van der Waals surface area contributed by atoms with E-state index in [1.165, 1.54) is 18.4 Å². The van der Waals surface area contributed by atoms with Gasteiger partial charge in [0.2, 0.25) is 0 Å². The number of hydrogen-bond acceptors (Lipinski definition) is 2. The van der Waals surface area contributed by atoms with Gasteiger partial charge >= 0.3 is 0 Å². The van der Waals surface area contributed by atoms with Crippen LogP contribution in [0.5, 0.6) is 0 Å². The highest BCUT2D eigenvalue weighted by atomic mass is 16.3. The van der Waals surface area contributed by atoms with E-state index in [0.29, 0.717) is 5.92 Å². The number of benzene rings is 1. The first-order valence-corrected chi connectivity index (χ1v) is 6.11. The highest BCUT2D eigenvalue weighted by Gasteiger charge is 2.18. The lowest BCUT2D eigenvalue weighted by molar-refractivity contribution is 0.0786. The maximum atomic E-state index is 9.88. The lowest BCUT2D eigenvalue weighted by Gasteiger charge is -2.24. The molecule has 2 heteroatoms. The summed E-state index contributed by atoms with van der Waals surface area (Å²) < 4.78 is 0. The second kappa shape index (κ2) is 4.56. The van der Waals surface area contributed by atoms with Crippen LogP contribution >= 0.6 is 0 Å². The Labute approximate surface area is 97.7 Å². The molecule has 2 N–H and O–H groups in total. The van der Waals surface area contributed by atoms with Crippen molar-refractivity contribution in [3.63, 3.8) is 0 Å². The largest absolute Gasteiger partial charge is 0.386 e. The first kappa shape index (κ1) is 11.6. The van der Waals surface area contributed by atoms with Crippen LogP contribution in [-0.2, 0) is 5.60 Å². The maximum absolute atomic E-state index is 9.88. The number of piperidine rings is 1. The molecule has 88 valence electrons. The average Bonchev–Trinajstić information content (AvgIpc) is 2.29. The van der Waals surface area contributed by atoms with Gasteiger partial charge in [-0.1, -0.05) is 24.3 Å². The number of nitrogens with one attached hydrogen (secondary N) is 1. The lowest BCUT2D eigenvalue weighted by Crippen LogP contribution is -2.26. The Hall–Kier alpha value is -0.860. The molecule has 0 bridgehead atoms. The van der Waals surface area contributed by atoms with E-state index in [0.717, 1.165) is 18.7 Å². The Balaban J connectivity index is 2.12. The highest BCUT2D eigenvalue weighted by Crippen LogP contribution is 2.27. The predicted molar refractivity (Wildman–Crippen MR) is 66.5 cm³/mol. The van der Waals surface area contributed by atoms with Crippen molar-refractivity contribution < 1.29 is 5.11 Å². The van der Waals surface area contributed by atoms with Gasteiger partial charge in [-0.2, -0.15) is 0 Å². The van der Waals surface area contributed by atoms with Crippen molar-refractivity contribution >= 4 is 0 Å². The summed E-state index contributed by atoms with van der Waals surface area (Å²) in [4.78, 5) is 0. The van der Waals surface area contributed by atoms with Crippen molar-refractivity contribution in [3.8, 4) is 0 Å². The zero-order valence-electron chi connectivity index (χ0n) is 10.2. The predicted octanol–water partition coefficient (Wildman–Crippen LogP) is 2.38. The minimum Gasteiger partial charge on any atom is -0.386 e. The molecule has 0 spiro atoms. The van der Waals surface area contributed by atoms with Crippen LogP contribution in [0.25, 0.3) is 0 Å². The maximum Gasteiger partial charge on any atom is 0.0840 e. The molecule has 16 heavy (non-hydrogen) atoms. The van der Waals surface area contributed by atoms with Gasteiger partial charge in [0.1, 0.15) is 0 Å². The van der Waals surface area contributed by atoms with E-state index in [1.807, 2.05) is 13.8 Å². The Morgan fingerprint density at radius 3 is 2.19 bits per heavy atom. The first-order chi connectivity index (χ1) is 7.57. The zero-order chi connectivity index (χ0) is 11.6. The topological polar surface area (TPSA) is 32.3 Å². The smallest absolute Gasteiger partial charge is 0.0840 e. The lowest BCUT2D eigenvalue weighted by atomic mass is 9.88. The fourth-order valence-electron chi connectivity index (χ4n) is 2.32. The molecule has 0 radical (unpaired) electrons. The molecule has 0 aromatic heterocycles. The fraction of sp³-hybridized carbons (Fsp3) is 0.571. The molecule has 1 aliphatic rings. The molecular weight excluding hydrogens is 198 g/mol. The summed E-state index contributed by atoms with van der Waals surface area (Å²) in [5.74, 6) is 0.692. The third-order valence-corrected chi connectivity index (χ3v) is 3.43. The van der Waals surface area contributed by atoms with Gasteiger partial charge < -0.3 is 10.4 Å². The fourth-order valence-corrected chi connectivity index (χ4v) is 2.32. The monoisotopic (exact) mass is 219 g/mol. The van der Waals surface area contributed by atoms with E-state index < -0.39 is 5.60 Å². The van der Waals surface area contributed by atoms with Gasteiger partial charge in [0.05, 0.1) is 5.60 Å². The summed E-state index contributed by atoms with van der Waals surface area (Å²) in [6.45, 7) is 5.90. The van der Waals surface area contributed by atoms with Gasteiger partial charge in [0.15, 0.2) is 0 Å². The van der Waals surface area contributed by atoms with Crippen LogP contribution in [0.4, 0.5) is 0 Å². The third kappa shape index (κ3) is 2.63. The molecule has 1 aromatic carbocycles. The van der Waals surface area contributed by atoms with Gasteiger partial charge in [-0.25, -0.2) is 0 Å². The van der Waals surface area contributed by atoms with Crippen molar-refractivity contribution in [3.05, 3.63) is 35.4 Å². The zero-order valence-corrected chi connectivity index (χ0v) is 10.2. The van der Waals surface area contributed by atoms with Crippen LogP contribution in [0.3, 0.4) is 0 Å². The van der Waals surface area contributed by atoms with Crippen LogP contribution in [0.1, 0.15) is 43.7 Å². The Bertz CT molecular complexity index is 331. The molecule has 1 fully saturated rings. The SMILES string of the molecule is CC(C)(O)c1ccc(C2CCNCC2)cc1. The standard InChI is InChI=1S/C14H21NO/c1-14(2,16)13-5-3-11(4-6-13)12-7-9-15-10-8-12/h3-6,12,15-16H,7-10H2,1-2H3. The second-order valence-electron chi connectivity index (χ2n) is 5.21. The number of aliphatic hydroxyl groups is 1. The first-order valence-electron chi connectivity index (χ1n) is 6.11. The Morgan fingerprint density at radius 2 is 1.69 bits per heavy atom. The number of hydrogen-bond donors (Lipinski definition) is 2. The van der Waals surface area contributed by atoms with Gasteiger partial charge in [-0.05, 0) is 56.8 Å². The summed E-state index contributed by atoms with van der Waals surface area (Å²) in [7, 11) is 0. The van der Waals surface area contributed by atoms with Crippen LogP contribution in [0.2, 0.25) is 0 Å².